The third-order valence-electron chi connectivity index (χ3n) is 3.63. The Morgan fingerprint density at radius 3 is 3.00 bits per heavy atom. The van der Waals surface area contributed by atoms with Crippen LogP contribution in [-0.4, -0.2) is 51.0 Å². The zero-order valence-electron chi connectivity index (χ0n) is 11.3. The Kier molecular flexibility index (Phi) is 3.17. The van der Waals surface area contributed by atoms with Crippen molar-refractivity contribution in [2.24, 2.45) is 0 Å². The van der Waals surface area contributed by atoms with Crippen molar-refractivity contribution in [2.75, 3.05) is 20.7 Å². The SMILES string of the molecule is COc1ncnc2c1[nH]c(=S)n2C1CCC(=O)N(C)C1. The number of aromatic nitrogens is 4. The average molecular weight is 293 g/mol. The van der Waals surface area contributed by atoms with Crippen LogP contribution in [0.3, 0.4) is 0 Å². The van der Waals surface area contributed by atoms with Crippen LogP contribution < -0.4 is 4.74 Å². The molecular weight excluding hydrogens is 278 g/mol. The summed E-state index contributed by atoms with van der Waals surface area (Å²) in [5, 5.41) is 0. The number of fused-ring (bicyclic) bond motifs is 1. The molecule has 106 valence electrons. The van der Waals surface area contributed by atoms with Gasteiger partial charge in [-0.2, -0.15) is 4.98 Å². The van der Waals surface area contributed by atoms with E-state index in [0.717, 1.165) is 12.1 Å². The number of likely N-dealkylation sites (tertiary alicyclic amines) is 1. The smallest absolute Gasteiger partial charge is 0.242 e. The molecule has 1 aliphatic rings. The van der Waals surface area contributed by atoms with Crippen molar-refractivity contribution in [3.05, 3.63) is 11.1 Å². The normalized spacial score (nSPS) is 19.6. The van der Waals surface area contributed by atoms with E-state index in [4.69, 9.17) is 17.0 Å². The molecule has 1 aliphatic heterocycles. The number of nitrogens with one attached hydrogen (secondary N) is 1. The van der Waals surface area contributed by atoms with Gasteiger partial charge in [0.1, 0.15) is 11.8 Å². The molecular formula is C12H15N5O2S. The van der Waals surface area contributed by atoms with Gasteiger partial charge in [-0.3, -0.25) is 9.36 Å². The Morgan fingerprint density at radius 2 is 2.30 bits per heavy atom. The van der Waals surface area contributed by atoms with E-state index in [1.54, 1.807) is 12.0 Å². The molecule has 3 heterocycles. The Morgan fingerprint density at radius 1 is 1.50 bits per heavy atom. The van der Waals surface area contributed by atoms with E-state index >= 15 is 0 Å². The van der Waals surface area contributed by atoms with E-state index < -0.39 is 0 Å². The molecule has 0 radical (unpaired) electrons. The van der Waals surface area contributed by atoms with Crippen LogP contribution in [0.25, 0.3) is 11.2 Å². The molecule has 2 aromatic heterocycles. The number of imidazole rings is 1. The number of hydrogen-bond donors (Lipinski definition) is 1. The van der Waals surface area contributed by atoms with Gasteiger partial charge >= 0.3 is 0 Å². The first kappa shape index (κ1) is 13.0. The molecule has 0 spiro atoms. The topological polar surface area (TPSA) is 76.0 Å². The molecule has 0 aromatic carbocycles. The van der Waals surface area contributed by atoms with Gasteiger partial charge in [0.25, 0.3) is 0 Å². The number of methoxy groups -OCH3 is 1. The molecule has 3 rings (SSSR count). The third-order valence-corrected chi connectivity index (χ3v) is 3.93. The van der Waals surface area contributed by atoms with Gasteiger partial charge < -0.3 is 14.6 Å². The van der Waals surface area contributed by atoms with Crippen molar-refractivity contribution in [2.45, 2.75) is 18.9 Å². The zero-order chi connectivity index (χ0) is 14.3. The number of amides is 1. The molecule has 1 unspecified atom stereocenters. The van der Waals surface area contributed by atoms with Crippen molar-refractivity contribution < 1.29 is 9.53 Å². The first-order valence-corrected chi connectivity index (χ1v) is 6.75. The summed E-state index contributed by atoms with van der Waals surface area (Å²) in [5.41, 5.74) is 1.41. The maximum Gasteiger partial charge on any atom is 0.242 e. The van der Waals surface area contributed by atoms with E-state index in [1.807, 2.05) is 11.6 Å². The predicted octanol–water partition coefficient (Wildman–Crippen LogP) is 1.29. The van der Waals surface area contributed by atoms with Crippen LogP contribution in [0.5, 0.6) is 5.88 Å². The monoisotopic (exact) mass is 293 g/mol. The van der Waals surface area contributed by atoms with Crippen LogP contribution >= 0.6 is 12.2 Å². The van der Waals surface area contributed by atoms with Gasteiger partial charge in [-0.1, -0.05) is 0 Å². The Bertz CT molecular complexity index is 722. The number of nitrogens with zero attached hydrogens (tertiary/aromatic N) is 4. The van der Waals surface area contributed by atoms with Crippen molar-refractivity contribution in [1.82, 2.24) is 24.4 Å². The molecule has 0 aliphatic carbocycles. The number of rotatable bonds is 2. The first-order chi connectivity index (χ1) is 9.61. The summed E-state index contributed by atoms with van der Waals surface area (Å²) in [4.78, 5) is 24.8. The van der Waals surface area contributed by atoms with Gasteiger partial charge in [0, 0.05) is 20.0 Å². The lowest BCUT2D eigenvalue weighted by Gasteiger charge is -2.30. The average Bonchev–Trinajstić information content (AvgIpc) is 2.78. The second kappa shape index (κ2) is 4.86. The number of hydrogen-bond acceptors (Lipinski definition) is 5. The molecule has 0 saturated carbocycles. The van der Waals surface area contributed by atoms with Gasteiger partial charge in [-0.05, 0) is 18.6 Å². The van der Waals surface area contributed by atoms with Crippen LogP contribution in [0.1, 0.15) is 18.9 Å². The highest BCUT2D eigenvalue weighted by atomic mass is 32.1. The van der Waals surface area contributed by atoms with Gasteiger partial charge in [-0.15, -0.1) is 0 Å². The summed E-state index contributed by atoms with van der Waals surface area (Å²) >= 11 is 5.39. The van der Waals surface area contributed by atoms with E-state index in [1.165, 1.54) is 6.33 Å². The largest absolute Gasteiger partial charge is 0.479 e. The molecule has 0 bridgehead atoms. The molecule has 2 aromatic rings. The van der Waals surface area contributed by atoms with Gasteiger partial charge in [0.15, 0.2) is 10.4 Å². The number of likely N-dealkylation sites (N-methyl/N-ethyl adjacent to an activating group) is 1. The Hall–Kier alpha value is -1.96. The molecule has 1 saturated heterocycles. The standard InChI is InChI=1S/C12H15N5O2S/c1-16-5-7(3-4-8(16)18)17-10-9(15-12(17)20)11(19-2)14-6-13-10/h6-7H,3-5H2,1-2H3,(H,15,20). The summed E-state index contributed by atoms with van der Waals surface area (Å²) in [6.45, 7) is 0.631. The fourth-order valence-electron chi connectivity index (χ4n) is 2.61. The van der Waals surface area contributed by atoms with Crippen molar-refractivity contribution in [3.8, 4) is 5.88 Å². The van der Waals surface area contributed by atoms with Crippen LogP contribution in [0.4, 0.5) is 0 Å². The van der Waals surface area contributed by atoms with Crippen LogP contribution in [0.15, 0.2) is 6.33 Å². The highest BCUT2D eigenvalue weighted by Gasteiger charge is 2.26. The Balaban J connectivity index is 2.10. The minimum atomic E-state index is 0.124. The molecule has 1 atom stereocenters. The summed E-state index contributed by atoms with van der Waals surface area (Å²) in [6.07, 6.45) is 2.74. The summed E-state index contributed by atoms with van der Waals surface area (Å²) < 4.78 is 7.75. The maximum absolute atomic E-state index is 11.6. The molecule has 1 N–H and O–H groups in total. The molecule has 7 nitrogen and oxygen atoms in total. The summed E-state index contributed by atoms with van der Waals surface area (Å²) in [5.74, 6) is 0.639. The summed E-state index contributed by atoms with van der Waals surface area (Å²) in [6, 6.07) is 0.124. The molecule has 1 amide bonds. The number of carbonyl (C=O) groups excluding carboxylic acids is 1. The quantitative estimate of drug-likeness (QED) is 0.844. The number of ether oxygens (including phenoxy) is 1. The summed E-state index contributed by atoms with van der Waals surface area (Å²) in [7, 11) is 3.37. The first-order valence-electron chi connectivity index (χ1n) is 6.35. The molecule has 20 heavy (non-hydrogen) atoms. The van der Waals surface area contributed by atoms with Gasteiger partial charge in [0.05, 0.1) is 13.2 Å². The fourth-order valence-corrected chi connectivity index (χ4v) is 2.95. The number of aromatic amines is 1. The fraction of sp³-hybridized carbons (Fsp3) is 0.500. The lowest BCUT2D eigenvalue weighted by atomic mass is 10.1. The minimum absolute atomic E-state index is 0.124. The van der Waals surface area contributed by atoms with E-state index in [9.17, 15) is 4.79 Å². The predicted molar refractivity (Wildman–Crippen MR) is 75.2 cm³/mol. The van der Waals surface area contributed by atoms with Gasteiger partial charge in [0.2, 0.25) is 11.8 Å². The van der Waals surface area contributed by atoms with E-state index in [0.29, 0.717) is 29.1 Å². The van der Waals surface area contributed by atoms with Crippen LogP contribution in [0.2, 0.25) is 0 Å². The Labute approximate surface area is 120 Å². The second-order valence-corrected chi connectivity index (χ2v) is 5.24. The second-order valence-electron chi connectivity index (χ2n) is 4.85. The van der Waals surface area contributed by atoms with E-state index in [-0.39, 0.29) is 11.9 Å². The minimum Gasteiger partial charge on any atom is -0.479 e. The van der Waals surface area contributed by atoms with Crippen molar-refractivity contribution in [1.29, 1.82) is 0 Å². The van der Waals surface area contributed by atoms with Crippen LogP contribution in [-0.2, 0) is 4.79 Å². The van der Waals surface area contributed by atoms with E-state index in [2.05, 4.69) is 15.0 Å². The molecule has 8 heteroatoms. The zero-order valence-corrected chi connectivity index (χ0v) is 12.1. The van der Waals surface area contributed by atoms with Gasteiger partial charge in [-0.25, -0.2) is 4.98 Å². The highest BCUT2D eigenvalue weighted by Crippen LogP contribution is 2.28. The van der Waals surface area contributed by atoms with Crippen molar-refractivity contribution >= 4 is 29.3 Å². The highest BCUT2D eigenvalue weighted by molar-refractivity contribution is 7.71. The third kappa shape index (κ3) is 1.96. The lowest BCUT2D eigenvalue weighted by molar-refractivity contribution is -0.132. The van der Waals surface area contributed by atoms with Crippen molar-refractivity contribution in [3.63, 3.8) is 0 Å². The number of H-pyrrole nitrogens is 1. The molecule has 1 fully saturated rings. The lowest BCUT2D eigenvalue weighted by Crippen LogP contribution is -2.38. The maximum atomic E-state index is 11.6. The van der Waals surface area contributed by atoms with Crippen LogP contribution in [0, 0.1) is 4.77 Å². The number of piperidine rings is 1. The number of carbonyl (C=O) groups is 1.